The molecule has 0 atom stereocenters. The predicted molar refractivity (Wildman–Crippen MR) is 71.7 cm³/mol. The first kappa shape index (κ1) is 12.3. The summed E-state index contributed by atoms with van der Waals surface area (Å²) in [6.07, 6.45) is 2.38. The molecule has 0 unspecified atom stereocenters. The molecule has 2 aromatic carbocycles. The summed E-state index contributed by atoms with van der Waals surface area (Å²) in [5, 5.41) is 3.38. The van der Waals surface area contributed by atoms with E-state index in [1.165, 1.54) is 31.0 Å². The van der Waals surface area contributed by atoms with Gasteiger partial charge in [0.05, 0.1) is 5.56 Å². The third kappa shape index (κ3) is 2.66. The van der Waals surface area contributed by atoms with E-state index in [1.807, 2.05) is 18.2 Å². The lowest BCUT2D eigenvalue weighted by Crippen LogP contribution is -2.16. The summed E-state index contributed by atoms with van der Waals surface area (Å²) >= 11 is 0. The quantitative estimate of drug-likeness (QED) is 0.878. The molecule has 0 aromatic heterocycles. The smallest absolute Gasteiger partial charge is 0.133 e. The van der Waals surface area contributed by atoms with Gasteiger partial charge in [0, 0.05) is 12.6 Å². The van der Waals surface area contributed by atoms with Crippen molar-refractivity contribution in [1.82, 2.24) is 5.32 Å². The molecule has 1 saturated carbocycles. The molecule has 3 rings (SSSR count). The predicted octanol–water partition coefficient (Wildman–Crippen LogP) is 3.88. The number of hydrogen-bond acceptors (Lipinski definition) is 1. The Bertz CT molecular complexity index is 571. The van der Waals surface area contributed by atoms with Gasteiger partial charge in [-0.2, -0.15) is 0 Å². The molecule has 0 heterocycles. The van der Waals surface area contributed by atoms with Crippen molar-refractivity contribution in [3.8, 4) is 11.1 Å². The summed E-state index contributed by atoms with van der Waals surface area (Å²) in [6, 6.07) is 11.9. The first-order valence-electron chi connectivity index (χ1n) is 6.51. The zero-order valence-electron chi connectivity index (χ0n) is 10.5. The van der Waals surface area contributed by atoms with Gasteiger partial charge in [-0.15, -0.1) is 0 Å². The molecule has 2 aromatic rings. The summed E-state index contributed by atoms with van der Waals surface area (Å²) in [4.78, 5) is 0. The first-order valence-corrected chi connectivity index (χ1v) is 6.51. The van der Waals surface area contributed by atoms with Crippen molar-refractivity contribution in [3.63, 3.8) is 0 Å². The van der Waals surface area contributed by atoms with Crippen LogP contribution < -0.4 is 5.32 Å². The Kier molecular flexibility index (Phi) is 3.30. The molecule has 0 radical (unpaired) electrons. The summed E-state index contributed by atoms with van der Waals surface area (Å²) in [5.74, 6) is -1.03. The van der Waals surface area contributed by atoms with E-state index in [0.717, 1.165) is 5.56 Å². The van der Waals surface area contributed by atoms with Crippen molar-refractivity contribution < 1.29 is 8.78 Å². The van der Waals surface area contributed by atoms with Crippen molar-refractivity contribution in [2.45, 2.75) is 25.4 Å². The van der Waals surface area contributed by atoms with Gasteiger partial charge in [-0.25, -0.2) is 8.78 Å². The van der Waals surface area contributed by atoms with Gasteiger partial charge in [-0.1, -0.05) is 30.3 Å². The van der Waals surface area contributed by atoms with E-state index < -0.39 is 11.6 Å². The average molecular weight is 259 g/mol. The Hall–Kier alpha value is -1.74. The highest BCUT2D eigenvalue weighted by Gasteiger charge is 2.21. The van der Waals surface area contributed by atoms with Crippen LogP contribution in [0.2, 0.25) is 0 Å². The molecule has 1 aliphatic carbocycles. The van der Waals surface area contributed by atoms with Crippen LogP contribution in [0.25, 0.3) is 11.1 Å². The van der Waals surface area contributed by atoms with E-state index in [1.54, 1.807) is 6.07 Å². The minimum Gasteiger partial charge on any atom is -0.310 e. The zero-order valence-corrected chi connectivity index (χ0v) is 10.5. The highest BCUT2D eigenvalue weighted by Crippen LogP contribution is 2.29. The molecule has 0 bridgehead atoms. The lowest BCUT2D eigenvalue weighted by Gasteiger charge is -2.12. The number of halogens is 2. The van der Waals surface area contributed by atoms with Crippen molar-refractivity contribution in [1.29, 1.82) is 0 Å². The molecular weight excluding hydrogens is 244 g/mol. The highest BCUT2D eigenvalue weighted by molar-refractivity contribution is 5.68. The van der Waals surface area contributed by atoms with Gasteiger partial charge in [-0.3, -0.25) is 0 Å². The van der Waals surface area contributed by atoms with Crippen LogP contribution in [0.3, 0.4) is 0 Å². The molecule has 1 aliphatic rings. The van der Waals surface area contributed by atoms with Crippen molar-refractivity contribution >= 4 is 0 Å². The first-order chi connectivity index (χ1) is 9.25. The van der Waals surface area contributed by atoms with Crippen LogP contribution in [0.15, 0.2) is 42.5 Å². The lowest BCUT2D eigenvalue weighted by atomic mass is 9.98. The summed E-state index contributed by atoms with van der Waals surface area (Å²) in [7, 11) is 0. The number of rotatable bonds is 4. The van der Waals surface area contributed by atoms with Crippen LogP contribution in [-0.4, -0.2) is 6.04 Å². The number of hydrogen-bond donors (Lipinski definition) is 1. The number of benzene rings is 2. The third-order valence-corrected chi connectivity index (χ3v) is 3.41. The average Bonchev–Trinajstić information content (AvgIpc) is 3.21. The Labute approximate surface area is 111 Å². The van der Waals surface area contributed by atoms with E-state index in [4.69, 9.17) is 0 Å². The van der Waals surface area contributed by atoms with Crippen LogP contribution in [-0.2, 0) is 6.54 Å². The molecule has 1 fully saturated rings. The van der Waals surface area contributed by atoms with Gasteiger partial charge < -0.3 is 5.32 Å². The largest absolute Gasteiger partial charge is 0.310 e. The Morgan fingerprint density at radius 1 is 0.947 bits per heavy atom. The van der Waals surface area contributed by atoms with Crippen molar-refractivity contribution in [2.75, 3.05) is 0 Å². The van der Waals surface area contributed by atoms with Crippen LogP contribution in [0, 0.1) is 11.6 Å². The summed E-state index contributed by atoms with van der Waals surface area (Å²) < 4.78 is 27.7. The fraction of sp³-hybridized carbons (Fsp3) is 0.250. The van der Waals surface area contributed by atoms with E-state index in [-0.39, 0.29) is 5.56 Å². The summed E-state index contributed by atoms with van der Waals surface area (Å²) in [6.45, 7) is 0.647. The minimum atomic E-state index is -0.515. The van der Waals surface area contributed by atoms with E-state index in [0.29, 0.717) is 18.2 Å². The zero-order chi connectivity index (χ0) is 13.2. The van der Waals surface area contributed by atoms with Crippen LogP contribution >= 0.6 is 0 Å². The normalized spacial score (nSPS) is 14.6. The standard InChI is InChI=1S/C16H15F2N/c17-14-6-3-7-15(18)16(14)13-5-2-1-4-11(13)10-19-12-8-9-12/h1-7,12,19H,8-10H2. The second kappa shape index (κ2) is 5.10. The van der Waals surface area contributed by atoms with Gasteiger partial charge in [0.25, 0.3) is 0 Å². The van der Waals surface area contributed by atoms with Crippen molar-refractivity contribution in [2.24, 2.45) is 0 Å². The molecular formula is C16H15F2N. The lowest BCUT2D eigenvalue weighted by molar-refractivity contribution is 0.589. The molecule has 1 nitrogen and oxygen atoms in total. The molecule has 0 amide bonds. The van der Waals surface area contributed by atoms with Gasteiger partial charge in [0.1, 0.15) is 11.6 Å². The Morgan fingerprint density at radius 2 is 1.63 bits per heavy atom. The van der Waals surface area contributed by atoms with Crippen LogP contribution in [0.4, 0.5) is 8.78 Å². The Balaban J connectivity index is 1.98. The monoisotopic (exact) mass is 259 g/mol. The molecule has 0 saturated heterocycles. The van der Waals surface area contributed by atoms with Gasteiger partial charge >= 0.3 is 0 Å². The maximum Gasteiger partial charge on any atom is 0.133 e. The van der Waals surface area contributed by atoms with Gasteiger partial charge in [0.2, 0.25) is 0 Å². The van der Waals surface area contributed by atoms with Gasteiger partial charge in [0.15, 0.2) is 0 Å². The van der Waals surface area contributed by atoms with E-state index in [2.05, 4.69) is 5.32 Å². The van der Waals surface area contributed by atoms with Crippen LogP contribution in [0.5, 0.6) is 0 Å². The fourth-order valence-corrected chi connectivity index (χ4v) is 2.22. The SMILES string of the molecule is Fc1cccc(F)c1-c1ccccc1CNC1CC1. The van der Waals surface area contributed by atoms with E-state index in [9.17, 15) is 8.78 Å². The molecule has 0 aliphatic heterocycles. The topological polar surface area (TPSA) is 12.0 Å². The maximum atomic E-state index is 13.9. The molecule has 1 N–H and O–H groups in total. The molecule has 98 valence electrons. The molecule has 19 heavy (non-hydrogen) atoms. The highest BCUT2D eigenvalue weighted by atomic mass is 19.1. The van der Waals surface area contributed by atoms with Gasteiger partial charge in [-0.05, 0) is 36.1 Å². The summed E-state index contributed by atoms with van der Waals surface area (Å²) in [5.41, 5.74) is 1.63. The third-order valence-electron chi connectivity index (χ3n) is 3.41. The minimum absolute atomic E-state index is 0.0655. The maximum absolute atomic E-state index is 13.9. The van der Waals surface area contributed by atoms with Crippen LogP contribution in [0.1, 0.15) is 18.4 Å². The second-order valence-corrected chi connectivity index (χ2v) is 4.91. The van der Waals surface area contributed by atoms with Crippen molar-refractivity contribution in [3.05, 3.63) is 59.7 Å². The molecule has 3 heteroatoms. The number of nitrogens with one attached hydrogen (secondary N) is 1. The van der Waals surface area contributed by atoms with E-state index >= 15 is 0 Å². The Morgan fingerprint density at radius 3 is 2.32 bits per heavy atom. The second-order valence-electron chi connectivity index (χ2n) is 4.91. The fourth-order valence-electron chi connectivity index (χ4n) is 2.22. The molecule has 0 spiro atoms.